The Hall–Kier alpha value is -5.78. The predicted octanol–water partition coefficient (Wildman–Crippen LogP) is 3.32. The van der Waals surface area contributed by atoms with E-state index in [-0.39, 0.29) is 50.8 Å². The van der Waals surface area contributed by atoms with Crippen LogP contribution in [0.2, 0.25) is 5.02 Å². The number of likely N-dealkylation sites (N-methyl/N-ethyl adjacent to an activating group) is 2. The van der Waals surface area contributed by atoms with Gasteiger partial charge in [0.2, 0.25) is 11.8 Å². The lowest BCUT2D eigenvalue weighted by atomic mass is 9.83. The lowest BCUT2D eigenvalue weighted by Gasteiger charge is -2.41. The van der Waals surface area contributed by atoms with Gasteiger partial charge < -0.3 is 68.1 Å². The number of anilines is 1. The molecular formula is C48H66ClN5O17. The molecule has 5 rings (SSSR count). The number of carbonyl (C=O) groups is 7. The van der Waals surface area contributed by atoms with Crippen LogP contribution in [0.15, 0.2) is 48.1 Å². The van der Waals surface area contributed by atoms with Crippen molar-refractivity contribution in [2.24, 2.45) is 5.92 Å². The number of carbonyl (C=O) groups excluding carboxylic acids is 7. The summed E-state index contributed by atoms with van der Waals surface area (Å²) in [5, 5.41) is 27.5. The first-order chi connectivity index (χ1) is 33.5. The number of nitrogens with one attached hydrogen (secondary N) is 2. The number of ether oxygens (including phenoxy) is 8. The number of esters is 1. The molecule has 0 saturated carbocycles. The molecule has 4 aliphatic rings. The van der Waals surface area contributed by atoms with Crippen molar-refractivity contribution < 1.29 is 81.7 Å². The average molecular weight is 1020 g/mol. The van der Waals surface area contributed by atoms with Crippen LogP contribution in [0, 0.1) is 5.92 Å². The minimum absolute atomic E-state index is 0.0250. The summed E-state index contributed by atoms with van der Waals surface area (Å²) in [6.07, 6.45) is -0.964. The van der Waals surface area contributed by atoms with Crippen LogP contribution >= 0.6 is 11.6 Å². The van der Waals surface area contributed by atoms with E-state index in [9.17, 15) is 43.8 Å². The molecular weight excluding hydrogens is 954 g/mol. The van der Waals surface area contributed by atoms with Crippen LogP contribution < -0.4 is 20.3 Å². The van der Waals surface area contributed by atoms with Gasteiger partial charge in [0.1, 0.15) is 66.3 Å². The Morgan fingerprint density at radius 1 is 1.11 bits per heavy atom. The number of ketones is 1. The lowest BCUT2D eigenvalue weighted by Crippen LogP contribution is -2.63. The van der Waals surface area contributed by atoms with E-state index in [0.717, 1.165) is 15.4 Å². The van der Waals surface area contributed by atoms with Crippen LogP contribution in [0.4, 0.5) is 20.1 Å². The number of fused-ring (bicyclic) bond motifs is 5. The Morgan fingerprint density at radius 3 is 2.55 bits per heavy atom. The molecule has 2 unspecified atom stereocenters. The third-order valence-electron chi connectivity index (χ3n) is 12.9. The molecule has 2 saturated heterocycles. The molecule has 71 heavy (non-hydrogen) atoms. The summed E-state index contributed by atoms with van der Waals surface area (Å²) in [6, 6.07) is 1.02. The summed E-state index contributed by atoms with van der Waals surface area (Å²) in [5.74, 6) is -2.88. The van der Waals surface area contributed by atoms with Gasteiger partial charge in [0, 0.05) is 39.9 Å². The fraction of sp³-hybridized carbons (Fsp3) is 0.604. The maximum Gasteiger partial charge on any atom is 0.410 e. The molecule has 4 aliphatic heterocycles. The molecule has 4 heterocycles. The van der Waals surface area contributed by atoms with Crippen molar-refractivity contribution in [2.45, 2.75) is 121 Å². The van der Waals surface area contributed by atoms with Crippen LogP contribution in [-0.4, -0.2) is 177 Å². The molecule has 4 bridgehead atoms. The highest BCUT2D eigenvalue weighted by Gasteiger charge is 2.64. The molecule has 0 radical (unpaired) electrons. The topological polar surface area (TPSA) is 271 Å². The number of rotatable bonds is 13. The van der Waals surface area contributed by atoms with E-state index in [4.69, 9.17) is 49.5 Å². The van der Waals surface area contributed by atoms with Crippen molar-refractivity contribution in [3.05, 3.63) is 58.7 Å². The number of hydrogen-bond acceptors (Lipinski definition) is 17. The van der Waals surface area contributed by atoms with E-state index < -0.39 is 115 Å². The van der Waals surface area contributed by atoms with Crippen molar-refractivity contribution in [3.8, 4) is 5.75 Å². The number of allylic oxidation sites excluding steroid dienone is 3. The summed E-state index contributed by atoms with van der Waals surface area (Å²) in [4.78, 5) is 96.5. The number of hydrogen-bond donors (Lipinski definition) is 4. The molecule has 1 aromatic rings. The number of nitrogens with zero attached hydrogens (tertiary/aromatic N) is 3. The van der Waals surface area contributed by atoms with Gasteiger partial charge in [-0.3, -0.25) is 19.7 Å². The molecule has 5 amide bonds. The standard InChI is InChI=1S/C48H66ClN5O17/c1-10-34(55)32(24-52(6)46(62)68-31-14-12-17-65-26-66-25-31)50-44(60)67-18-16-39(57)53(7)29(4)43(59)70-38-22-40(58)54(8)33-20-30(21-35(64-9)41(33)49)19-27(2)13-11-15-37(56)48(63)23-36(69-45(61)51-48)28(3)42-47(38,5)71-42/h11-15,20-21,28-29,31-32,36-38,42,56,63H,10,16-19,22-26H2,1-9H3,(H,50,60)(H,51,61)/b14-12+,15-11+,27-13+/t28-,29+,31?,32?,36+,37-,38+,42+,47+,48+/m1/s1. The Bertz CT molecular complexity index is 2240. The van der Waals surface area contributed by atoms with E-state index in [1.165, 1.54) is 46.2 Å². The summed E-state index contributed by atoms with van der Waals surface area (Å²) in [7, 11) is 5.68. The third kappa shape index (κ3) is 14.4. The minimum atomic E-state index is -2.13. The molecule has 23 heteroatoms. The quantitative estimate of drug-likeness (QED) is 0.0955. The first-order valence-corrected chi connectivity index (χ1v) is 23.6. The first-order valence-electron chi connectivity index (χ1n) is 23.2. The minimum Gasteiger partial charge on any atom is -0.495 e. The molecule has 1 aromatic carbocycles. The van der Waals surface area contributed by atoms with E-state index in [0.29, 0.717) is 23.4 Å². The second-order valence-corrected chi connectivity index (χ2v) is 18.6. The fourth-order valence-corrected chi connectivity index (χ4v) is 8.58. The van der Waals surface area contributed by atoms with Gasteiger partial charge in [0.25, 0.3) is 0 Å². The second kappa shape index (κ2) is 24.6. The fourth-order valence-electron chi connectivity index (χ4n) is 8.27. The van der Waals surface area contributed by atoms with Crippen molar-refractivity contribution in [2.75, 3.05) is 66.3 Å². The zero-order valence-electron chi connectivity index (χ0n) is 41.5. The molecule has 0 aromatic heterocycles. The smallest absolute Gasteiger partial charge is 0.410 e. The first kappa shape index (κ1) is 56.1. The van der Waals surface area contributed by atoms with Crippen molar-refractivity contribution in [1.82, 2.24) is 20.4 Å². The summed E-state index contributed by atoms with van der Waals surface area (Å²) < 4.78 is 44.5. The van der Waals surface area contributed by atoms with Crippen LogP contribution in [0.1, 0.15) is 65.9 Å². The van der Waals surface area contributed by atoms with Gasteiger partial charge in [0.05, 0.1) is 51.5 Å². The third-order valence-corrected chi connectivity index (χ3v) is 13.3. The molecule has 392 valence electrons. The van der Waals surface area contributed by atoms with Crippen LogP contribution in [-0.2, 0) is 58.8 Å². The zero-order chi connectivity index (χ0) is 52.4. The van der Waals surface area contributed by atoms with E-state index in [1.807, 2.05) is 6.92 Å². The van der Waals surface area contributed by atoms with E-state index in [1.54, 1.807) is 57.2 Å². The largest absolute Gasteiger partial charge is 0.495 e. The van der Waals surface area contributed by atoms with Crippen molar-refractivity contribution >= 4 is 59.1 Å². The van der Waals surface area contributed by atoms with Gasteiger partial charge in [-0.15, -0.1) is 0 Å². The molecule has 2 fully saturated rings. The number of aliphatic hydroxyl groups is 2. The number of methoxy groups -OCH3 is 1. The number of Topliss-reactive ketones (excluding diaryl/α,β-unsaturated/α-hetero) is 1. The van der Waals surface area contributed by atoms with Crippen LogP contribution in [0.3, 0.4) is 0 Å². The van der Waals surface area contributed by atoms with Gasteiger partial charge in [-0.05, 0) is 51.0 Å². The molecule has 10 atom stereocenters. The number of halogens is 1. The Labute approximate surface area is 417 Å². The van der Waals surface area contributed by atoms with E-state index in [2.05, 4.69) is 10.6 Å². The molecule has 22 nitrogen and oxygen atoms in total. The number of alkyl carbamates (subject to hydrolysis) is 2. The molecule has 0 aliphatic carbocycles. The number of amides is 5. The van der Waals surface area contributed by atoms with Gasteiger partial charge in [-0.25, -0.2) is 19.2 Å². The number of benzene rings is 1. The van der Waals surface area contributed by atoms with Gasteiger partial charge in [0.15, 0.2) is 11.5 Å². The van der Waals surface area contributed by atoms with Crippen LogP contribution in [0.5, 0.6) is 5.75 Å². The highest BCUT2D eigenvalue weighted by atomic mass is 35.5. The van der Waals surface area contributed by atoms with Gasteiger partial charge in [-0.1, -0.05) is 55.3 Å². The van der Waals surface area contributed by atoms with Gasteiger partial charge in [-0.2, -0.15) is 0 Å². The van der Waals surface area contributed by atoms with Crippen LogP contribution in [0.25, 0.3) is 0 Å². The maximum absolute atomic E-state index is 14.3. The monoisotopic (exact) mass is 1020 g/mol. The molecule has 0 spiro atoms. The number of aliphatic hydroxyl groups excluding tert-OH is 1. The zero-order valence-corrected chi connectivity index (χ0v) is 42.2. The van der Waals surface area contributed by atoms with Crippen molar-refractivity contribution in [1.29, 1.82) is 0 Å². The van der Waals surface area contributed by atoms with Gasteiger partial charge >= 0.3 is 24.2 Å². The number of epoxide rings is 1. The Kier molecular flexibility index (Phi) is 19.4. The van der Waals surface area contributed by atoms with Crippen molar-refractivity contribution in [3.63, 3.8) is 0 Å². The maximum atomic E-state index is 14.3. The Morgan fingerprint density at radius 2 is 1.85 bits per heavy atom. The lowest BCUT2D eigenvalue weighted by molar-refractivity contribution is -0.162. The highest BCUT2D eigenvalue weighted by molar-refractivity contribution is 6.35. The SMILES string of the molecule is CCC(=O)C(CN(C)C(=O)OC1/C=C/COCOC1)NC(=O)OCCC(=O)N(C)[C@@H](C)C(=O)O[C@H]1CC(=O)N(C)c2cc(cc(OC)c2Cl)C/C(C)=C/C=C/[C@@H](O)[C@@]2(O)C[C@H](OC(=O)N2)[C@@H](C)[C@@H]2O[C@@]12C. The molecule has 4 N–H and O–H groups in total. The average Bonchev–Trinajstić information content (AvgIpc) is 4.02. The normalized spacial score (nSPS) is 29.3. The highest BCUT2D eigenvalue weighted by Crippen LogP contribution is 2.49. The summed E-state index contributed by atoms with van der Waals surface area (Å²) >= 11 is 6.77. The summed E-state index contributed by atoms with van der Waals surface area (Å²) in [5.41, 5.74) is -1.67. The van der Waals surface area contributed by atoms with E-state index >= 15 is 0 Å². The Balaban J connectivity index is 1.27. The predicted molar refractivity (Wildman–Crippen MR) is 253 cm³/mol. The summed E-state index contributed by atoms with van der Waals surface area (Å²) in [6.45, 7) is 7.80. The second-order valence-electron chi connectivity index (χ2n) is 18.2.